The molecule has 2 aromatic rings. The van der Waals surface area contributed by atoms with Crippen molar-refractivity contribution in [3.63, 3.8) is 0 Å². The van der Waals surface area contributed by atoms with E-state index in [0.717, 1.165) is 13.0 Å². The average Bonchev–Trinajstić information content (AvgIpc) is 2.89. The van der Waals surface area contributed by atoms with Crippen molar-refractivity contribution in [1.82, 2.24) is 15.5 Å². The molecule has 0 bridgehead atoms. The van der Waals surface area contributed by atoms with Gasteiger partial charge in [-0.2, -0.15) is 0 Å². The molecule has 0 aliphatic rings. The van der Waals surface area contributed by atoms with E-state index >= 15 is 0 Å². The van der Waals surface area contributed by atoms with Crippen molar-refractivity contribution in [2.24, 2.45) is 0 Å². The summed E-state index contributed by atoms with van der Waals surface area (Å²) in [5, 5.41) is 11.6. The minimum Gasteiger partial charge on any atom is -0.423 e. The second-order valence-corrected chi connectivity index (χ2v) is 5.31. The maximum atomic E-state index is 5.73. The van der Waals surface area contributed by atoms with Crippen LogP contribution < -0.4 is 5.32 Å². The van der Waals surface area contributed by atoms with E-state index in [1.165, 1.54) is 16.7 Å². The molecule has 0 fully saturated rings. The summed E-state index contributed by atoms with van der Waals surface area (Å²) in [6, 6.07) is 6.53. The molecule has 1 N–H and O–H groups in total. The molecule has 1 heterocycles. The van der Waals surface area contributed by atoms with Crippen molar-refractivity contribution >= 4 is 0 Å². The van der Waals surface area contributed by atoms with Gasteiger partial charge in [-0.25, -0.2) is 0 Å². The molecule has 4 heteroatoms. The van der Waals surface area contributed by atoms with Gasteiger partial charge >= 0.3 is 0 Å². The Labute approximate surface area is 120 Å². The van der Waals surface area contributed by atoms with Gasteiger partial charge in [0.1, 0.15) is 0 Å². The number of hydrogen-bond acceptors (Lipinski definition) is 4. The molecule has 0 saturated carbocycles. The van der Waals surface area contributed by atoms with Gasteiger partial charge in [0.05, 0.1) is 12.5 Å². The third-order valence-electron chi connectivity index (χ3n) is 3.48. The van der Waals surface area contributed by atoms with Crippen LogP contribution in [0.5, 0.6) is 0 Å². The van der Waals surface area contributed by atoms with Crippen LogP contribution in [-0.4, -0.2) is 16.7 Å². The average molecular weight is 273 g/mol. The van der Waals surface area contributed by atoms with Crippen LogP contribution in [0.2, 0.25) is 0 Å². The second-order valence-electron chi connectivity index (χ2n) is 5.31. The van der Waals surface area contributed by atoms with Crippen LogP contribution in [0.4, 0.5) is 0 Å². The first-order chi connectivity index (χ1) is 9.60. The van der Waals surface area contributed by atoms with Crippen LogP contribution in [0.1, 0.15) is 54.8 Å². The summed E-state index contributed by atoms with van der Waals surface area (Å²) in [6.45, 7) is 9.37. The standard InChI is InChI=1S/C16H23N3O/c1-5-8-17-13(4)16-19-18-15(20-16)10-14-7-6-11(2)12(3)9-14/h6-7,9,13,17H,5,8,10H2,1-4H3. The molecule has 1 aromatic carbocycles. The van der Waals surface area contributed by atoms with Gasteiger partial charge in [0.25, 0.3) is 0 Å². The van der Waals surface area contributed by atoms with Crippen molar-refractivity contribution in [3.8, 4) is 0 Å². The van der Waals surface area contributed by atoms with Crippen molar-refractivity contribution in [1.29, 1.82) is 0 Å². The third kappa shape index (κ3) is 3.67. The molecule has 0 spiro atoms. The summed E-state index contributed by atoms with van der Waals surface area (Å²) < 4.78 is 5.73. The second kappa shape index (κ2) is 6.66. The fourth-order valence-corrected chi connectivity index (χ4v) is 2.05. The summed E-state index contributed by atoms with van der Waals surface area (Å²) in [7, 11) is 0. The molecule has 0 radical (unpaired) electrons. The van der Waals surface area contributed by atoms with E-state index in [9.17, 15) is 0 Å². The number of aromatic nitrogens is 2. The highest BCUT2D eigenvalue weighted by molar-refractivity contribution is 5.31. The van der Waals surface area contributed by atoms with Gasteiger partial charge in [0.15, 0.2) is 0 Å². The molecule has 2 rings (SSSR count). The number of rotatable bonds is 6. The van der Waals surface area contributed by atoms with E-state index in [4.69, 9.17) is 4.42 Å². The number of nitrogens with zero attached hydrogens (tertiary/aromatic N) is 2. The van der Waals surface area contributed by atoms with E-state index in [-0.39, 0.29) is 6.04 Å². The number of nitrogens with one attached hydrogen (secondary N) is 1. The zero-order valence-corrected chi connectivity index (χ0v) is 12.7. The van der Waals surface area contributed by atoms with Crippen LogP contribution >= 0.6 is 0 Å². The minimum atomic E-state index is 0.107. The lowest BCUT2D eigenvalue weighted by Crippen LogP contribution is -2.19. The molecular formula is C16H23N3O. The fraction of sp³-hybridized carbons (Fsp3) is 0.500. The first-order valence-corrected chi connectivity index (χ1v) is 7.22. The van der Waals surface area contributed by atoms with Crippen LogP contribution in [-0.2, 0) is 6.42 Å². The molecule has 108 valence electrons. The SMILES string of the molecule is CCCNC(C)c1nnc(Cc2ccc(C)c(C)c2)o1. The van der Waals surface area contributed by atoms with Crippen LogP contribution in [0.3, 0.4) is 0 Å². The Hall–Kier alpha value is -1.68. The van der Waals surface area contributed by atoms with E-state index in [1.54, 1.807) is 0 Å². The number of aryl methyl sites for hydroxylation is 2. The maximum Gasteiger partial charge on any atom is 0.233 e. The third-order valence-corrected chi connectivity index (χ3v) is 3.48. The van der Waals surface area contributed by atoms with Gasteiger partial charge in [-0.3, -0.25) is 0 Å². The van der Waals surface area contributed by atoms with Crippen LogP contribution in [0.15, 0.2) is 22.6 Å². The molecule has 1 aromatic heterocycles. The Morgan fingerprint density at radius 2 is 2.00 bits per heavy atom. The summed E-state index contributed by atoms with van der Waals surface area (Å²) in [5.74, 6) is 1.34. The Balaban J connectivity index is 2.03. The van der Waals surface area contributed by atoms with E-state index in [0.29, 0.717) is 18.2 Å². The Morgan fingerprint density at radius 3 is 2.70 bits per heavy atom. The highest BCUT2D eigenvalue weighted by Gasteiger charge is 2.13. The van der Waals surface area contributed by atoms with Gasteiger partial charge in [0, 0.05) is 0 Å². The lowest BCUT2D eigenvalue weighted by atomic mass is 10.0. The van der Waals surface area contributed by atoms with Crippen molar-refractivity contribution in [2.45, 2.75) is 46.6 Å². The molecule has 20 heavy (non-hydrogen) atoms. The molecule has 4 nitrogen and oxygen atoms in total. The first-order valence-electron chi connectivity index (χ1n) is 7.22. The quantitative estimate of drug-likeness (QED) is 0.877. The largest absolute Gasteiger partial charge is 0.423 e. The summed E-state index contributed by atoms with van der Waals surface area (Å²) in [4.78, 5) is 0. The molecule has 0 aliphatic heterocycles. The molecule has 0 saturated heterocycles. The van der Waals surface area contributed by atoms with Gasteiger partial charge in [-0.05, 0) is 50.4 Å². The van der Waals surface area contributed by atoms with Gasteiger partial charge in [0.2, 0.25) is 11.8 Å². The normalized spacial score (nSPS) is 12.6. The van der Waals surface area contributed by atoms with E-state index < -0.39 is 0 Å². The maximum absolute atomic E-state index is 5.73. The fourth-order valence-electron chi connectivity index (χ4n) is 2.05. The van der Waals surface area contributed by atoms with Gasteiger partial charge in [-0.1, -0.05) is 25.1 Å². The predicted molar refractivity (Wildman–Crippen MR) is 79.7 cm³/mol. The van der Waals surface area contributed by atoms with E-state index in [2.05, 4.69) is 54.5 Å². The Bertz CT molecular complexity index is 563. The lowest BCUT2D eigenvalue weighted by molar-refractivity contribution is 0.397. The van der Waals surface area contributed by atoms with E-state index in [1.807, 2.05) is 6.92 Å². The highest BCUT2D eigenvalue weighted by Crippen LogP contribution is 2.16. The van der Waals surface area contributed by atoms with Crippen molar-refractivity contribution in [3.05, 3.63) is 46.7 Å². The molecule has 1 atom stereocenters. The zero-order valence-electron chi connectivity index (χ0n) is 12.7. The summed E-state index contributed by atoms with van der Waals surface area (Å²) in [5.41, 5.74) is 3.80. The summed E-state index contributed by atoms with van der Waals surface area (Å²) >= 11 is 0. The number of benzene rings is 1. The molecule has 0 aliphatic carbocycles. The monoisotopic (exact) mass is 273 g/mol. The molecule has 0 amide bonds. The lowest BCUT2D eigenvalue weighted by Gasteiger charge is -2.07. The van der Waals surface area contributed by atoms with Gasteiger partial charge < -0.3 is 9.73 Å². The van der Waals surface area contributed by atoms with Gasteiger partial charge in [-0.15, -0.1) is 10.2 Å². The molecule has 1 unspecified atom stereocenters. The van der Waals surface area contributed by atoms with Crippen molar-refractivity contribution in [2.75, 3.05) is 6.54 Å². The minimum absolute atomic E-state index is 0.107. The zero-order chi connectivity index (χ0) is 14.5. The van der Waals surface area contributed by atoms with Crippen molar-refractivity contribution < 1.29 is 4.42 Å². The topological polar surface area (TPSA) is 51.0 Å². The predicted octanol–water partition coefficient (Wildman–Crippen LogP) is 3.34. The molecular weight excluding hydrogens is 250 g/mol. The Kier molecular flexibility index (Phi) is 4.90. The number of hydrogen-bond donors (Lipinski definition) is 1. The highest BCUT2D eigenvalue weighted by atomic mass is 16.4. The Morgan fingerprint density at radius 1 is 1.20 bits per heavy atom. The van der Waals surface area contributed by atoms with Crippen LogP contribution in [0, 0.1) is 13.8 Å². The first kappa shape index (κ1) is 14.7. The van der Waals surface area contributed by atoms with Crippen LogP contribution in [0.25, 0.3) is 0 Å². The smallest absolute Gasteiger partial charge is 0.233 e. The summed E-state index contributed by atoms with van der Waals surface area (Å²) in [6.07, 6.45) is 1.78.